The van der Waals surface area contributed by atoms with Crippen LogP contribution in [0.3, 0.4) is 0 Å². The van der Waals surface area contributed by atoms with E-state index in [4.69, 9.17) is 11.5 Å². The van der Waals surface area contributed by atoms with Crippen molar-refractivity contribution < 1.29 is 4.79 Å². The van der Waals surface area contributed by atoms with E-state index in [1.807, 2.05) is 18.3 Å². The standard InChI is InChI=1S/C16H22N4OS/c17-8-2-1-5-14(16(18)21)20-11-13-6-7-15(22-13)12-4-3-9-19-10-12/h3-4,6-7,9-10,14,20H,1-2,5,8,11,17H2,(H2,18,21)/t14-/m0/s1. The van der Waals surface area contributed by atoms with Gasteiger partial charge in [-0.1, -0.05) is 12.5 Å². The number of carbonyl (C=O) groups is 1. The van der Waals surface area contributed by atoms with E-state index in [2.05, 4.69) is 22.4 Å². The number of amides is 1. The maximum atomic E-state index is 11.5. The minimum Gasteiger partial charge on any atom is -0.368 e. The second-order valence-corrected chi connectivity index (χ2v) is 6.30. The van der Waals surface area contributed by atoms with Crippen LogP contribution < -0.4 is 16.8 Å². The highest BCUT2D eigenvalue weighted by molar-refractivity contribution is 7.15. The number of nitrogens with zero attached hydrogens (tertiary/aromatic N) is 1. The summed E-state index contributed by atoms with van der Waals surface area (Å²) in [6.07, 6.45) is 6.16. The lowest BCUT2D eigenvalue weighted by molar-refractivity contribution is -0.120. The average Bonchev–Trinajstić information content (AvgIpc) is 3.00. The van der Waals surface area contributed by atoms with Crippen molar-refractivity contribution >= 4 is 17.2 Å². The molecule has 1 amide bonds. The van der Waals surface area contributed by atoms with Crippen molar-refractivity contribution in [3.05, 3.63) is 41.5 Å². The highest BCUT2D eigenvalue weighted by atomic mass is 32.1. The van der Waals surface area contributed by atoms with Gasteiger partial charge in [0.25, 0.3) is 0 Å². The van der Waals surface area contributed by atoms with Crippen molar-refractivity contribution in [3.63, 3.8) is 0 Å². The predicted molar refractivity (Wildman–Crippen MR) is 90.3 cm³/mol. The molecule has 2 aromatic heterocycles. The third-order valence-corrected chi connectivity index (χ3v) is 4.56. The van der Waals surface area contributed by atoms with Crippen LogP contribution >= 0.6 is 11.3 Å². The van der Waals surface area contributed by atoms with Gasteiger partial charge in [-0.05, 0) is 37.6 Å². The predicted octanol–water partition coefficient (Wildman–Crippen LogP) is 1.88. The van der Waals surface area contributed by atoms with Crippen molar-refractivity contribution in [1.82, 2.24) is 10.3 Å². The molecule has 0 saturated carbocycles. The van der Waals surface area contributed by atoms with Gasteiger partial charge in [-0.2, -0.15) is 0 Å². The summed E-state index contributed by atoms with van der Waals surface area (Å²) in [5.74, 6) is -0.305. The number of primary amides is 1. The lowest BCUT2D eigenvalue weighted by Gasteiger charge is -2.14. The Hall–Kier alpha value is -1.76. The summed E-state index contributed by atoms with van der Waals surface area (Å²) in [6.45, 7) is 1.28. The summed E-state index contributed by atoms with van der Waals surface area (Å²) in [5, 5.41) is 3.24. The number of aromatic nitrogens is 1. The second-order valence-electron chi connectivity index (χ2n) is 5.13. The Kier molecular flexibility index (Phi) is 6.51. The molecule has 0 bridgehead atoms. The zero-order chi connectivity index (χ0) is 15.8. The molecule has 0 fully saturated rings. The molecule has 0 aliphatic rings. The Labute approximate surface area is 134 Å². The molecule has 0 unspecified atom stereocenters. The molecule has 0 saturated heterocycles. The van der Waals surface area contributed by atoms with E-state index >= 15 is 0 Å². The molecule has 0 radical (unpaired) electrons. The van der Waals surface area contributed by atoms with Crippen LogP contribution in [0, 0.1) is 0 Å². The fraction of sp³-hybridized carbons (Fsp3) is 0.375. The third kappa shape index (κ3) is 4.91. The number of rotatable bonds is 9. The van der Waals surface area contributed by atoms with Gasteiger partial charge in [-0.25, -0.2) is 0 Å². The minimum atomic E-state index is -0.305. The van der Waals surface area contributed by atoms with Crippen LogP contribution in [0.4, 0.5) is 0 Å². The van der Waals surface area contributed by atoms with Crippen LogP contribution in [0.5, 0.6) is 0 Å². The molecule has 2 rings (SSSR count). The Balaban J connectivity index is 1.90. The summed E-state index contributed by atoms with van der Waals surface area (Å²) in [5.41, 5.74) is 12.0. The molecule has 118 valence electrons. The van der Waals surface area contributed by atoms with E-state index in [1.54, 1.807) is 17.5 Å². The van der Waals surface area contributed by atoms with Gasteiger partial charge >= 0.3 is 0 Å². The van der Waals surface area contributed by atoms with Gasteiger partial charge in [0, 0.05) is 34.3 Å². The Morgan fingerprint density at radius 3 is 2.86 bits per heavy atom. The van der Waals surface area contributed by atoms with E-state index in [0.717, 1.165) is 24.8 Å². The van der Waals surface area contributed by atoms with Crippen LogP contribution in [-0.4, -0.2) is 23.5 Å². The summed E-state index contributed by atoms with van der Waals surface area (Å²) in [4.78, 5) is 17.9. The zero-order valence-corrected chi connectivity index (χ0v) is 13.3. The summed E-state index contributed by atoms with van der Waals surface area (Å²) < 4.78 is 0. The Bertz CT molecular complexity index is 585. The first kappa shape index (κ1) is 16.6. The number of hydrogen-bond acceptors (Lipinski definition) is 5. The van der Waals surface area contributed by atoms with E-state index < -0.39 is 0 Å². The molecule has 6 heteroatoms. The fourth-order valence-electron chi connectivity index (χ4n) is 2.20. The molecular formula is C16H22N4OS. The van der Waals surface area contributed by atoms with Gasteiger partial charge in [-0.3, -0.25) is 9.78 Å². The van der Waals surface area contributed by atoms with E-state index in [0.29, 0.717) is 13.1 Å². The van der Waals surface area contributed by atoms with Gasteiger partial charge in [0.1, 0.15) is 0 Å². The summed E-state index contributed by atoms with van der Waals surface area (Å²) in [7, 11) is 0. The molecule has 2 heterocycles. The molecular weight excluding hydrogens is 296 g/mol. The topological polar surface area (TPSA) is 94.0 Å². The number of thiophene rings is 1. The molecule has 0 spiro atoms. The first-order valence-electron chi connectivity index (χ1n) is 7.42. The van der Waals surface area contributed by atoms with Crippen LogP contribution in [0.25, 0.3) is 10.4 Å². The fourth-order valence-corrected chi connectivity index (χ4v) is 3.15. The molecule has 0 aromatic carbocycles. The first-order chi connectivity index (χ1) is 10.7. The number of unbranched alkanes of at least 4 members (excludes halogenated alkanes) is 1. The number of hydrogen-bond donors (Lipinski definition) is 3. The quantitative estimate of drug-likeness (QED) is 0.615. The molecule has 5 nitrogen and oxygen atoms in total. The van der Waals surface area contributed by atoms with Crippen molar-refractivity contribution in [2.45, 2.75) is 31.8 Å². The lowest BCUT2D eigenvalue weighted by atomic mass is 10.1. The van der Waals surface area contributed by atoms with Crippen molar-refractivity contribution in [2.24, 2.45) is 11.5 Å². The SMILES string of the molecule is NCCCC[C@H](NCc1ccc(-c2cccnc2)s1)C(N)=O. The molecule has 2 aromatic rings. The Morgan fingerprint density at radius 1 is 1.32 bits per heavy atom. The summed E-state index contributed by atoms with van der Waals surface area (Å²) in [6, 6.07) is 7.81. The third-order valence-electron chi connectivity index (χ3n) is 3.42. The molecule has 22 heavy (non-hydrogen) atoms. The molecule has 5 N–H and O–H groups in total. The van der Waals surface area contributed by atoms with Crippen LogP contribution in [0.1, 0.15) is 24.1 Å². The molecule has 0 aliphatic heterocycles. The lowest BCUT2D eigenvalue weighted by Crippen LogP contribution is -2.40. The Morgan fingerprint density at radius 2 is 2.18 bits per heavy atom. The van der Waals surface area contributed by atoms with Crippen molar-refractivity contribution in [2.75, 3.05) is 6.54 Å². The van der Waals surface area contributed by atoms with Crippen molar-refractivity contribution in [1.29, 1.82) is 0 Å². The smallest absolute Gasteiger partial charge is 0.234 e. The van der Waals surface area contributed by atoms with Crippen LogP contribution in [0.15, 0.2) is 36.7 Å². The maximum absolute atomic E-state index is 11.5. The highest BCUT2D eigenvalue weighted by Gasteiger charge is 2.14. The molecule has 1 atom stereocenters. The highest BCUT2D eigenvalue weighted by Crippen LogP contribution is 2.27. The van der Waals surface area contributed by atoms with Crippen LogP contribution in [-0.2, 0) is 11.3 Å². The largest absolute Gasteiger partial charge is 0.368 e. The average molecular weight is 318 g/mol. The minimum absolute atomic E-state index is 0.296. The van der Waals surface area contributed by atoms with Gasteiger partial charge < -0.3 is 16.8 Å². The number of pyridine rings is 1. The number of nitrogens with two attached hydrogens (primary N) is 2. The monoisotopic (exact) mass is 318 g/mol. The van der Waals surface area contributed by atoms with Gasteiger partial charge in [0.05, 0.1) is 6.04 Å². The van der Waals surface area contributed by atoms with E-state index in [9.17, 15) is 4.79 Å². The summed E-state index contributed by atoms with van der Waals surface area (Å²) >= 11 is 1.69. The second kappa shape index (κ2) is 8.63. The first-order valence-corrected chi connectivity index (χ1v) is 8.24. The zero-order valence-electron chi connectivity index (χ0n) is 12.5. The van der Waals surface area contributed by atoms with Crippen molar-refractivity contribution in [3.8, 4) is 10.4 Å². The van der Waals surface area contributed by atoms with E-state index in [-0.39, 0.29) is 11.9 Å². The van der Waals surface area contributed by atoms with E-state index in [1.165, 1.54) is 9.75 Å². The van der Waals surface area contributed by atoms with Gasteiger partial charge in [-0.15, -0.1) is 11.3 Å². The normalized spacial score (nSPS) is 12.2. The van der Waals surface area contributed by atoms with Crippen LogP contribution in [0.2, 0.25) is 0 Å². The number of nitrogens with one attached hydrogen (secondary N) is 1. The van der Waals surface area contributed by atoms with Gasteiger partial charge in [0.15, 0.2) is 0 Å². The molecule has 0 aliphatic carbocycles. The maximum Gasteiger partial charge on any atom is 0.234 e. The van der Waals surface area contributed by atoms with Gasteiger partial charge in [0.2, 0.25) is 5.91 Å². The number of carbonyl (C=O) groups excluding carboxylic acids is 1.